The average Bonchev–Trinajstić information content (AvgIpc) is 2.38. The molecule has 1 aromatic rings. The number of likely N-dealkylation sites (N-methyl/N-ethyl adjacent to an activating group) is 1. The Kier molecular flexibility index (Phi) is 4.33. The second kappa shape index (κ2) is 5.69. The van der Waals surface area contributed by atoms with Gasteiger partial charge >= 0.3 is 5.97 Å². The van der Waals surface area contributed by atoms with Gasteiger partial charge in [-0.15, -0.1) is 0 Å². The Bertz CT molecular complexity index is 624. The van der Waals surface area contributed by atoms with Gasteiger partial charge in [0.05, 0.1) is 15.5 Å². The van der Waals surface area contributed by atoms with E-state index in [9.17, 15) is 13.2 Å². The van der Waals surface area contributed by atoms with Crippen molar-refractivity contribution in [2.75, 3.05) is 33.2 Å². The lowest BCUT2D eigenvalue weighted by molar-refractivity contribution is 0.0697. The summed E-state index contributed by atoms with van der Waals surface area (Å²) in [5.74, 6) is -1.18. The van der Waals surface area contributed by atoms with E-state index in [1.54, 1.807) is 0 Å². The van der Waals surface area contributed by atoms with Crippen molar-refractivity contribution in [1.82, 2.24) is 9.21 Å². The molecule has 0 aromatic heterocycles. The van der Waals surface area contributed by atoms with Crippen LogP contribution in [0.5, 0.6) is 0 Å². The zero-order chi connectivity index (χ0) is 14.9. The molecule has 1 aliphatic heterocycles. The molecule has 0 radical (unpaired) electrons. The van der Waals surface area contributed by atoms with Crippen LogP contribution in [0.3, 0.4) is 0 Å². The van der Waals surface area contributed by atoms with Gasteiger partial charge in [-0.1, -0.05) is 11.6 Å². The lowest BCUT2D eigenvalue weighted by atomic mass is 10.2. The van der Waals surface area contributed by atoms with E-state index in [4.69, 9.17) is 16.7 Å². The van der Waals surface area contributed by atoms with Crippen LogP contribution in [0.4, 0.5) is 0 Å². The first kappa shape index (κ1) is 15.2. The number of hydrogen-bond donors (Lipinski definition) is 1. The number of sulfonamides is 1. The molecule has 1 saturated heterocycles. The number of carbonyl (C=O) groups is 1. The van der Waals surface area contributed by atoms with Gasteiger partial charge in [0.2, 0.25) is 10.0 Å². The number of aromatic carboxylic acids is 1. The van der Waals surface area contributed by atoms with E-state index < -0.39 is 16.0 Å². The SMILES string of the molecule is CN1CCN(S(=O)(=O)c2ccc(C(=O)O)c(Cl)c2)CC1. The molecule has 0 aliphatic carbocycles. The smallest absolute Gasteiger partial charge is 0.337 e. The molecular formula is C12H15ClN2O4S. The second-order valence-electron chi connectivity index (χ2n) is 4.65. The Morgan fingerprint density at radius 1 is 1.25 bits per heavy atom. The van der Waals surface area contributed by atoms with Crippen LogP contribution in [0.25, 0.3) is 0 Å². The van der Waals surface area contributed by atoms with Gasteiger partial charge < -0.3 is 10.0 Å². The van der Waals surface area contributed by atoms with Gasteiger partial charge in [0, 0.05) is 26.2 Å². The molecule has 1 fully saturated rings. The van der Waals surface area contributed by atoms with Gasteiger partial charge in [0.15, 0.2) is 0 Å². The summed E-state index contributed by atoms with van der Waals surface area (Å²) in [6, 6.07) is 3.69. The van der Waals surface area contributed by atoms with Gasteiger partial charge in [-0.25, -0.2) is 13.2 Å². The fourth-order valence-corrected chi connectivity index (χ4v) is 3.78. The van der Waals surface area contributed by atoms with Gasteiger partial charge in [-0.3, -0.25) is 0 Å². The molecule has 0 saturated carbocycles. The van der Waals surface area contributed by atoms with E-state index >= 15 is 0 Å². The Morgan fingerprint density at radius 3 is 2.35 bits per heavy atom. The monoisotopic (exact) mass is 318 g/mol. The molecule has 0 unspecified atom stereocenters. The van der Waals surface area contributed by atoms with Crippen molar-refractivity contribution in [3.8, 4) is 0 Å². The molecule has 20 heavy (non-hydrogen) atoms. The third-order valence-electron chi connectivity index (χ3n) is 3.27. The summed E-state index contributed by atoms with van der Waals surface area (Å²) in [6.07, 6.45) is 0. The first-order valence-electron chi connectivity index (χ1n) is 6.04. The van der Waals surface area contributed by atoms with E-state index in [-0.39, 0.29) is 15.5 Å². The second-order valence-corrected chi connectivity index (χ2v) is 7.00. The summed E-state index contributed by atoms with van der Waals surface area (Å²) in [4.78, 5) is 12.9. The maximum absolute atomic E-state index is 12.4. The van der Waals surface area contributed by atoms with Crippen LogP contribution in [-0.2, 0) is 10.0 Å². The minimum Gasteiger partial charge on any atom is -0.478 e. The number of benzene rings is 1. The quantitative estimate of drug-likeness (QED) is 0.898. The molecule has 6 nitrogen and oxygen atoms in total. The number of nitrogens with zero attached hydrogens (tertiary/aromatic N) is 2. The minimum atomic E-state index is -3.62. The molecule has 2 rings (SSSR count). The van der Waals surface area contributed by atoms with Crippen LogP contribution >= 0.6 is 11.6 Å². The Balaban J connectivity index is 2.30. The van der Waals surface area contributed by atoms with Crippen molar-refractivity contribution in [2.24, 2.45) is 0 Å². The number of carboxylic acids is 1. The van der Waals surface area contributed by atoms with Crippen LogP contribution in [0.2, 0.25) is 5.02 Å². The molecule has 0 amide bonds. The molecular weight excluding hydrogens is 304 g/mol. The average molecular weight is 319 g/mol. The lowest BCUT2D eigenvalue weighted by Gasteiger charge is -2.31. The molecule has 1 heterocycles. The zero-order valence-electron chi connectivity index (χ0n) is 10.9. The largest absolute Gasteiger partial charge is 0.478 e. The normalized spacial score (nSPS) is 18.1. The Hall–Kier alpha value is -1.15. The number of rotatable bonds is 3. The predicted octanol–water partition coefficient (Wildman–Crippen LogP) is 0.974. The molecule has 110 valence electrons. The summed E-state index contributed by atoms with van der Waals surface area (Å²) in [7, 11) is -1.69. The molecule has 0 spiro atoms. The van der Waals surface area contributed by atoms with Crippen LogP contribution in [0.15, 0.2) is 23.1 Å². The van der Waals surface area contributed by atoms with Crippen molar-refractivity contribution >= 4 is 27.6 Å². The van der Waals surface area contributed by atoms with Gasteiger partial charge in [-0.05, 0) is 25.2 Å². The summed E-state index contributed by atoms with van der Waals surface area (Å²) in [5.41, 5.74) is -0.107. The highest BCUT2D eigenvalue weighted by molar-refractivity contribution is 7.89. The molecule has 1 N–H and O–H groups in total. The summed E-state index contributed by atoms with van der Waals surface area (Å²) in [6.45, 7) is 2.16. The van der Waals surface area contributed by atoms with Crippen molar-refractivity contribution in [2.45, 2.75) is 4.90 Å². The van der Waals surface area contributed by atoms with Crippen LogP contribution in [-0.4, -0.2) is 61.9 Å². The first-order valence-corrected chi connectivity index (χ1v) is 7.85. The maximum Gasteiger partial charge on any atom is 0.337 e. The molecule has 0 bridgehead atoms. The van der Waals surface area contributed by atoms with Crippen molar-refractivity contribution in [3.63, 3.8) is 0 Å². The lowest BCUT2D eigenvalue weighted by Crippen LogP contribution is -2.47. The third kappa shape index (κ3) is 2.95. The van der Waals surface area contributed by atoms with Crippen molar-refractivity contribution < 1.29 is 18.3 Å². The summed E-state index contributed by atoms with van der Waals surface area (Å²) < 4.78 is 26.2. The maximum atomic E-state index is 12.4. The van der Waals surface area contributed by atoms with E-state index in [2.05, 4.69) is 0 Å². The Morgan fingerprint density at radius 2 is 1.85 bits per heavy atom. The van der Waals surface area contributed by atoms with Crippen LogP contribution < -0.4 is 0 Å². The molecule has 1 aromatic carbocycles. The highest BCUT2D eigenvalue weighted by atomic mass is 35.5. The van der Waals surface area contributed by atoms with Crippen LogP contribution in [0.1, 0.15) is 10.4 Å². The fourth-order valence-electron chi connectivity index (χ4n) is 2.01. The molecule has 1 aliphatic rings. The van der Waals surface area contributed by atoms with E-state index in [1.165, 1.54) is 22.5 Å². The van der Waals surface area contributed by atoms with E-state index in [0.29, 0.717) is 26.2 Å². The Labute approximate surface area is 122 Å². The van der Waals surface area contributed by atoms with Crippen LogP contribution in [0, 0.1) is 0 Å². The van der Waals surface area contributed by atoms with Gasteiger partial charge in [-0.2, -0.15) is 4.31 Å². The topological polar surface area (TPSA) is 77.9 Å². The predicted molar refractivity (Wildman–Crippen MR) is 74.7 cm³/mol. The minimum absolute atomic E-state index is 0.0250. The number of piperazine rings is 1. The highest BCUT2D eigenvalue weighted by Crippen LogP contribution is 2.24. The van der Waals surface area contributed by atoms with E-state index in [0.717, 1.165) is 0 Å². The summed E-state index contributed by atoms with van der Waals surface area (Å²) in [5, 5.41) is 8.81. The van der Waals surface area contributed by atoms with Crippen molar-refractivity contribution in [1.29, 1.82) is 0 Å². The van der Waals surface area contributed by atoms with Gasteiger partial charge in [0.1, 0.15) is 0 Å². The van der Waals surface area contributed by atoms with Gasteiger partial charge in [0.25, 0.3) is 0 Å². The number of halogens is 1. The first-order chi connectivity index (χ1) is 9.32. The zero-order valence-corrected chi connectivity index (χ0v) is 12.5. The standard InChI is InChI=1S/C12H15ClN2O4S/c1-14-4-6-15(7-5-14)20(18,19)9-2-3-10(12(16)17)11(13)8-9/h2-3,8H,4-7H2,1H3,(H,16,17). The number of hydrogen-bond acceptors (Lipinski definition) is 4. The third-order valence-corrected chi connectivity index (χ3v) is 5.48. The number of carboxylic acid groups (broad SMARTS) is 1. The molecule has 8 heteroatoms. The highest BCUT2D eigenvalue weighted by Gasteiger charge is 2.28. The van der Waals surface area contributed by atoms with Crippen molar-refractivity contribution in [3.05, 3.63) is 28.8 Å². The summed E-state index contributed by atoms with van der Waals surface area (Å²) >= 11 is 5.82. The van der Waals surface area contributed by atoms with E-state index in [1.807, 2.05) is 11.9 Å². The fraction of sp³-hybridized carbons (Fsp3) is 0.417. The molecule has 0 atom stereocenters.